The minimum Gasteiger partial charge on any atom is -0.389 e. The zero-order valence-electron chi connectivity index (χ0n) is 10.8. The number of hydrogen-bond acceptors (Lipinski definition) is 2. The highest BCUT2D eigenvalue weighted by atomic mass is 14.9. The van der Waals surface area contributed by atoms with Gasteiger partial charge in [0.2, 0.25) is 0 Å². The van der Waals surface area contributed by atoms with Crippen LogP contribution in [-0.4, -0.2) is 12.6 Å². The van der Waals surface area contributed by atoms with Crippen LogP contribution >= 0.6 is 0 Å². The number of nitrogens with one attached hydrogen (secondary N) is 1. The summed E-state index contributed by atoms with van der Waals surface area (Å²) in [7, 11) is 0. The molecular weight excluding hydrogens is 208 g/mol. The van der Waals surface area contributed by atoms with E-state index in [1.165, 1.54) is 5.56 Å². The van der Waals surface area contributed by atoms with Crippen molar-refractivity contribution in [3.05, 3.63) is 48.2 Å². The molecule has 1 atom stereocenters. The first-order valence-electron chi connectivity index (χ1n) is 6.43. The van der Waals surface area contributed by atoms with Crippen LogP contribution in [0.15, 0.2) is 42.6 Å². The minimum absolute atomic E-state index is 0.220. The maximum atomic E-state index is 6.11. The van der Waals surface area contributed by atoms with Crippen molar-refractivity contribution in [3.63, 3.8) is 0 Å². The smallest absolute Gasteiger partial charge is 0.0141 e. The molecule has 0 aliphatic rings. The van der Waals surface area contributed by atoms with Gasteiger partial charge in [0, 0.05) is 18.3 Å². The van der Waals surface area contributed by atoms with Crippen molar-refractivity contribution < 1.29 is 0 Å². The Labute approximate surface area is 105 Å². The molecule has 0 aromatic heterocycles. The summed E-state index contributed by atoms with van der Waals surface area (Å²) in [5.41, 5.74) is 8.53. The third kappa shape index (κ3) is 6.12. The largest absolute Gasteiger partial charge is 0.389 e. The average molecular weight is 232 g/mol. The Morgan fingerprint density at radius 2 is 2.06 bits per heavy atom. The minimum atomic E-state index is 0.220. The van der Waals surface area contributed by atoms with Crippen molar-refractivity contribution >= 4 is 0 Å². The molecule has 0 bridgehead atoms. The molecule has 0 radical (unpaired) electrons. The predicted molar refractivity (Wildman–Crippen MR) is 74.8 cm³/mol. The summed E-state index contributed by atoms with van der Waals surface area (Å²) >= 11 is 0. The van der Waals surface area contributed by atoms with Crippen LogP contribution in [0.25, 0.3) is 0 Å². The lowest BCUT2D eigenvalue weighted by molar-refractivity contribution is 0.589. The highest BCUT2D eigenvalue weighted by Gasteiger charge is 2.04. The van der Waals surface area contributed by atoms with Crippen LogP contribution in [-0.2, 0) is 6.42 Å². The average Bonchev–Trinajstić information content (AvgIpc) is 2.35. The number of hydrogen-bond donors (Lipinski definition) is 2. The first kappa shape index (κ1) is 13.8. The molecule has 2 heteroatoms. The first-order valence-corrected chi connectivity index (χ1v) is 6.43. The Hall–Kier alpha value is -1.28. The van der Waals surface area contributed by atoms with E-state index in [-0.39, 0.29) is 6.04 Å². The quantitative estimate of drug-likeness (QED) is 0.723. The van der Waals surface area contributed by atoms with E-state index in [4.69, 9.17) is 5.73 Å². The molecule has 3 N–H and O–H groups in total. The molecular formula is C15H24N2. The number of allylic oxidation sites excluding steroid dienone is 1. The second-order valence-electron chi connectivity index (χ2n) is 4.52. The van der Waals surface area contributed by atoms with Gasteiger partial charge in [-0.15, -0.1) is 0 Å². The summed E-state index contributed by atoms with van der Waals surface area (Å²) < 4.78 is 0. The fraction of sp³-hybridized carbons (Fsp3) is 0.467. The lowest BCUT2D eigenvalue weighted by Gasteiger charge is -2.13. The second kappa shape index (κ2) is 7.91. The Morgan fingerprint density at radius 3 is 2.71 bits per heavy atom. The maximum Gasteiger partial charge on any atom is 0.0141 e. The van der Waals surface area contributed by atoms with Gasteiger partial charge in [-0.2, -0.15) is 0 Å². The van der Waals surface area contributed by atoms with Gasteiger partial charge in [-0.3, -0.25) is 0 Å². The standard InChI is InChI=1S/C15H24N2/c1-3-11-17-13(2)9-10-15(16)12-14-7-5-4-6-8-14/h4-8,15,17H,2-3,9-12,16H2,1H3. The van der Waals surface area contributed by atoms with Crippen LogP contribution in [0.5, 0.6) is 0 Å². The number of rotatable bonds is 8. The van der Waals surface area contributed by atoms with Gasteiger partial charge in [0.15, 0.2) is 0 Å². The van der Waals surface area contributed by atoms with Crippen LogP contribution in [0.4, 0.5) is 0 Å². The number of benzene rings is 1. The third-order valence-electron chi connectivity index (χ3n) is 2.78. The van der Waals surface area contributed by atoms with E-state index < -0.39 is 0 Å². The van der Waals surface area contributed by atoms with Gasteiger partial charge in [0.05, 0.1) is 0 Å². The normalized spacial score (nSPS) is 12.1. The van der Waals surface area contributed by atoms with Crippen molar-refractivity contribution in [1.29, 1.82) is 0 Å². The van der Waals surface area contributed by atoms with Gasteiger partial charge in [-0.25, -0.2) is 0 Å². The van der Waals surface area contributed by atoms with Crippen molar-refractivity contribution in [3.8, 4) is 0 Å². The topological polar surface area (TPSA) is 38.0 Å². The molecule has 0 amide bonds. The van der Waals surface area contributed by atoms with Crippen LogP contribution in [0.3, 0.4) is 0 Å². The fourth-order valence-corrected chi connectivity index (χ4v) is 1.77. The fourth-order valence-electron chi connectivity index (χ4n) is 1.77. The van der Waals surface area contributed by atoms with Crippen LogP contribution in [0.1, 0.15) is 31.7 Å². The molecule has 0 fully saturated rings. The third-order valence-corrected chi connectivity index (χ3v) is 2.78. The molecule has 94 valence electrons. The van der Waals surface area contributed by atoms with Crippen molar-refractivity contribution in [1.82, 2.24) is 5.32 Å². The predicted octanol–water partition coefficient (Wildman–Crippen LogP) is 2.85. The van der Waals surface area contributed by atoms with E-state index in [0.29, 0.717) is 0 Å². The molecule has 17 heavy (non-hydrogen) atoms. The lowest BCUT2D eigenvalue weighted by Crippen LogP contribution is -2.24. The van der Waals surface area contributed by atoms with Crippen molar-refractivity contribution in [2.24, 2.45) is 5.73 Å². The molecule has 0 saturated heterocycles. The van der Waals surface area contributed by atoms with E-state index in [1.54, 1.807) is 0 Å². The zero-order valence-corrected chi connectivity index (χ0v) is 10.8. The number of nitrogens with two attached hydrogens (primary N) is 1. The molecule has 0 saturated carbocycles. The van der Waals surface area contributed by atoms with Crippen molar-refractivity contribution in [2.45, 2.75) is 38.6 Å². The van der Waals surface area contributed by atoms with Crippen LogP contribution in [0, 0.1) is 0 Å². The van der Waals surface area contributed by atoms with Gasteiger partial charge in [0.1, 0.15) is 0 Å². The molecule has 0 heterocycles. The van der Waals surface area contributed by atoms with Gasteiger partial charge in [-0.05, 0) is 31.2 Å². The van der Waals surface area contributed by atoms with Gasteiger partial charge >= 0.3 is 0 Å². The monoisotopic (exact) mass is 232 g/mol. The molecule has 0 spiro atoms. The molecule has 1 aromatic carbocycles. The Balaban J connectivity index is 2.21. The maximum absolute atomic E-state index is 6.11. The van der Waals surface area contributed by atoms with Crippen LogP contribution in [0.2, 0.25) is 0 Å². The van der Waals surface area contributed by atoms with E-state index in [0.717, 1.165) is 37.9 Å². The summed E-state index contributed by atoms with van der Waals surface area (Å²) in [6, 6.07) is 10.6. The Morgan fingerprint density at radius 1 is 1.35 bits per heavy atom. The lowest BCUT2D eigenvalue weighted by atomic mass is 10.0. The Kier molecular flexibility index (Phi) is 6.41. The summed E-state index contributed by atoms with van der Waals surface area (Å²) in [5, 5.41) is 3.30. The first-order chi connectivity index (χ1) is 8.22. The highest BCUT2D eigenvalue weighted by molar-refractivity contribution is 5.15. The van der Waals surface area contributed by atoms with Crippen molar-refractivity contribution in [2.75, 3.05) is 6.54 Å². The highest BCUT2D eigenvalue weighted by Crippen LogP contribution is 2.08. The van der Waals surface area contributed by atoms with Gasteiger partial charge in [-0.1, -0.05) is 43.8 Å². The summed E-state index contributed by atoms with van der Waals surface area (Å²) in [6.07, 6.45) is 4.04. The summed E-state index contributed by atoms with van der Waals surface area (Å²) in [5.74, 6) is 0. The van der Waals surface area contributed by atoms with E-state index in [2.05, 4.69) is 43.1 Å². The van der Waals surface area contributed by atoms with Gasteiger partial charge in [0.25, 0.3) is 0 Å². The SMILES string of the molecule is C=C(CCC(N)Cc1ccccc1)NCCC. The molecule has 1 aromatic rings. The Bertz CT molecular complexity index is 319. The second-order valence-corrected chi connectivity index (χ2v) is 4.52. The zero-order chi connectivity index (χ0) is 12.5. The van der Waals surface area contributed by atoms with Gasteiger partial charge < -0.3 is 11.1 Å². The molecule has 0 aliphatic carbocycles. The molecule has 0 aliphatic heterocycles. The molecule has 2 nitrogen and oxygen atoms in total. The molecule has 1 unspecified atom stereocenters. The summed E-state index contributed by atoms with van der Waals surface area (Å²) in [6.45, 7) is 7.17. The van der Waals surface area contributed by atoms with E-state index in [9.17, 15) is 0 Å². The molecule has 1 rings (SSSR count). The van der Waals surface area contributed by atoms with E-state index >= 15 is 0 Å². The van der Waals surface area contributed by atoms with Crippen LogP contribution < -0.4 is 11.1 Å². The summed E-state index contributed by atoms with van der Waals surface area (Å²) in [4.78, 5) is 0. The van der Waals surface area contributed by atoms with E-state index in [1.807, 2.05) is 6.07 Å².